The summed E-state index contributed by atoms with van der Waals surface area (Å²) >= 11 is 1.02. The lowest BCUT2D eigenvalue weighted by Crippen LogP contribution is -2.30. The molecule has 0 aliphatic carbocycles. The maximum atomic E-state index is 12.8. The fraction of sp³-hybridized carbons (Fsp3) is 0.450. The molecule has 2 rings (SSSR count). The van der Waals surface area contributed by atoms with E-state index in [1.165, 1.54) is 22.9 Å². The zero-order valence-electron chi connectivity index (χ0n) is 17.2. The van der Waals surface area contributed by atoms with Gasteiger partial charge in [-0.2, -0.15) is 13.2 Å². The Hall–Kier alpha value is -2.53. The summed E-state index contributed by atoms with van der Waals surface area (Å²) in [6, 6.07) is 4.35. The first kappa shape index (κ1) is 24.7. The largest absolute Gasteiger partial charge is 0.416 e. The number of halogens is 3. The second-order valence-electron chi connectivity index (χ2n) is 7.22. The Kier molecular flexibility index (Phi) is 8.93. The second-order valence-corrected chi connectivity index (χ2v) is 8.17. The van der Waals surface area contributed by atoms with Crippen LogP contribution in [0.15, 0.2) is 35.6 Å². The SMILES string of the molecule is CC(C)CCNC(=O)Cn1c(CO)cnc1SCC(=O)Nc1cccc(C(F)(F)F)c1. The summed E-state index contributed by atoms with van der Waals surface area (Å²) in [7, 11) is 0. The van der Waals surface area contributed by atoms with Crippen molar-refractivity contribution in [1.29, 1.82) is 0 Å². The molecule has 1 heterocycles. The first-order chi connectivity index (χ1) is 14.6. The molecule has 0 radical (unpaired) electrons. The zero-order valence-corrected chi connectivity index (χ0v) is 18.0. The summed E-state index contributed by atoms with van der Waals surface area (Å²) in [5, 5.41) is 15.0. The molecule has 0 saturated carbocycles. The fourth-order valence-corrected chi connectivity index (χ4v) is 3.40. The van der Waals surface area contributed by atoms with Gasteiger partial charge in [-0.05, 0) is 30.5 Å². The highest BCUT2D eigenvalue weighted by molar-refractivity contribution is 7.99. The fourth-order valence-electron chi connectivity index (χ4n) is 2.60. The van der Waals surface area contributed by atoms with Gasteiger partial charge in [-0.1, -0.05) is 31.7 Å². The number of thioether (sulfide) groups is 1. The molecule has 0 fully saturated rings. The van der Waals surface area contributed by atoms with E-state index in [2.05, 4.69) is 15.6 Å². The Balaban J connectivity index is 1.96. The Bertz CT molecular complexity index is 900. The van der Waals surface area contributed by atoms with Crippen LogP contribution in [0.25, 0.3) is 0 Å². The maximum absolute atomic E-state index is 12.8. The van der Waals surface area contributed by atoms with Gasteiger partial charge in [-0.15, -0.1) is 0 Å². The van der Waals surface area contributed by atoms with Crippen LogP contribution in [0.5, 0.6) is 0 Å². The number of anilines is 1. The van der Waals surface area contributed by atoms with Crippen molar-refractivity contribution in [3.05, 3.63) is 41.7 Å². The van der Waals surface area contributed by atoms with E-state index in [0.717, 1.165) is 30.3 Å². The average Bonchev–Trinajstić information content (AvgIpc) is 3.07. The molecule has 1 aromatic carbocycles. The van der Waals surface area contributed by atoms with Crippen LogP contribution in [0.1, 0.15) is 31.5 Å². The minimum atomic E-state index is -4.50. The second kappa shape index (κ2) is 11.2. The van der Waals surface area contributed by atoms with Crippen LogP contribution in [-0.4, -0.2) is 38.8 Å². The molecule has 2 aromatic rings. The highest BCUT2D eigenvalue weighted by Gasteiger charge is 2.30. The Morgan fingerprint density at radius 2 is 2.00 bits per heavy atom. The third-order valence-corrected chi connectivity index (χ3v) is 5.21. The van der Waals surface area contributed by atoms with E-state index in [4.69, 9.17) is 0 Å². The summed E-state index contributed by atoms with van der Waals surface area (Å²) in [5.41, 5.74) is -0.409. The van der Waals surface area contributed by atoms with Crippen molar-refractivity contribution >= 4 is 29.3 Å². The third-order valence-electron chi connectivity index (χ3n) is 4.22. The molecule has 2 amide bonds. The third kappa shape index (κ3) is 7.91. The van der Waals surface area contributed by atoms with Gasteiger partial charge in [0.15, 0.2) is 5.16 Å². The highest BCUT2D eigenvalue weighted by Crippen LogP contribution is 2.30. The zero-order chi connectivity index (χ0) is 23.0. The average molecular weight is 459 g/mol. The number of aromatic nitrogens is 2. The minimum absolute atomic E-state index is 0.0318. The van der Waals surface area contributed by atoms with E-state index in [1.54, 1.807) is 0 Å². The standard InChI is InChI=1S/C20H25F3N4O3S/c1-13(2)6-7-24-17(29)10-27-16(11-28)9-25-19(27)31-12-18(30)26-15-5-3-4-14(8-15)20(21,22)23/h3-5,8-9,13,28H,6-7,10-12H2,1-2H3,(H,24,29)(H,26,30). The van der Waals surface area contributed by atoms with Gasteiger partial charge in [0.25, 0.3) is 0 Å². The monoisotopic (exact) mass is 458 g/mol. The number of aliphatic hydroxyl groups is 1. The molecule has 0 aliphatic rings. The quantitative estimate of drug-likeness (QED) is 0.475. The number of carbonyl (C=O) groups excluding carboxylic acids is 2. The molecule has 1 aromatic heterocycles. The summed E-state index contributed by atoms with van der Waals surface area (Å²) < 4.78 is 39.9. The lowest BCUT2D eigenvalue weighted by molar-refractivity contribution is -0.137. The normalized spacial score (nSPS) is 11.6. The van der Waals surface area contributed by atoms with Gasteiger partial charge in [0.05, 0.1) is 29.8 Å². The molecule has 0 atom stereocenters. The topological polar surface area (TPSA) is 96.2 Å². The van der Waals surface area contributed by atoms with Crippen molar-refractivity contribution < 1.29 is 27.9 Å². The molecule has 0 aliphatic heterocycles. The number of benzene rings is 1. The van der Waals surface area contributed by atoms with Gasteiger partial charge in [0.1, 0.15) is 6.54 Å². The first-order valence-electron chi connectivity index (χ1n) is 9.62. The van der Waals surface area contributed by atoms with E-state index in [-0.39, 0.29) is 30.5 Å². The molecule has 31 heavy (non-hydrogen) atoms. The number of rotatable bonds is 10. The van der Waals surface area contributed by atoms with E-state index in [9.17, 15) is 27.9 Å². The molecular formula is C20H25F3N4O3S. The Labute approximate surface area is 182 Å². The molecule has 0 spiro atoms. The first-order valence-corrected chi connectivity index (χ1v) is 10.6. The van der Waals surface area contributed by atoms with Crippen LogP contribution in [-0.2, 0) is 28.9 Å². The lowest BCUT2D eigenvalue weighted by Gasteiger charge is -2.12. The number of hydrogen-bond donors (Lipinski definition) is 3. The molecule has 7 nitrogen and oxygen atoms in total. The van der Waals surface area contributed by atoms with Crippen LogP contribution in [0, 0.1) is 5.92 Å². The van der Waals surface area contributed by atoms with E-state index >= 15 is 0 Å². The van der Waals surface area contributed by atoms with E-state index in [1.807, 2.05) is 13.8 Å². The van der Waals surface area contributed by atoms with Gasteiger partial charge in [-0.3, -0.25) is 9.59 Å². The smallest absolute Gasteiger partial charge is 0.390 e. The van der Waals surface area contributed by atoms with Crippen LogP contribution in [0.2, 0.25) is 0 Å². The predicted molar refractivity (Wildman–Crippen MR) is 111 cm³/mol. The van der Waals surface area contributed by atoms with E-state index < -0.39 is 17.6 Å². The van der Waals surface area contributed by atoms with Crippen LogP contribution in [0.3, 0.4) is 0 Å². The van der Waals surface area contributed by atoms with Gasteiger partial charge in [0, 0.05) is 12.2 Å². The van der Waals surface area contributed by atoms with Crippen LogP contribution >= 0.6 is 11.8 Å². The van der Waals surface area contributed by atoms with Crippen molar-refractivity contribution in [2.24, 2.45) is 5.92 Å². The van der Waals surface area contributed by atoms with Crippen LogP contribution < -0.4 is 10.6 Å². The van der Waals surface area contributed by atoms with Crippen molar-refractivity contribution in [3.63, 3.8) is 0 Å². The summed E-state index contributed by atoms with van der Waals surface area (Å²) in [4.78, 5) is 28.5. The minimum Gasteiger partial charge on any atom is -0.390 e. The van der Waals surface area contributed by atoms with Gasteiger partial charge in [0.2, 0.25) is 11.8 Å². The van der Waals surface area contributed by atoms with Gasteiger partial charge < -0.3 is 20.3 Å². The molecule has 0 bridgehead atoms. The number of nitrogens with one attached hydrogen (secondary N) is 2. The molecule has 3 N–H and O–H groups in total. The molecule has 11 heteroatoms. The van der Waals surface area contributed by atoms with Gasteiger partial charge >= 0.3 is 6.18 Å². The molecular weight excluding hydrogens is 433 g/mol. The number of aliphatic hydroxyl groups excluding tert-OH is 1. The molecule has 170 valence electrons. The highest BCUT2D eigenvalue weighted by atomic mass is 32.2. The Morgan fingerprint density at radius 1 is 1.26 bits per heavy atom. The predicted octanol–water partition coefficient (Wildman–Crippen LogP) is 3.29. The molecule has 0 saturated heterocycles. The number of carbonyl (C=O) groups is 2. The number of imidazole rings is 1. The molecule has 0 unspecified atom stereocenters. The van der Waals surface area contributed by atoms with Crippen molar-refractivity contribution in [2.75, 3.05) is 17.6 Å². The van der Waals surface area contributed by atoms with Crippen molar-refractivity contribution in [2.45, 2.75) is 44.8 Å². The van der Waals surface area contributed by atoms with E-state index in [0.29, 0.717) is 23.3 Å². The van der Waals surface area contributed by atoms with Crippen molar-refractivity contribution in [3.8, 4) is 0 Å². The number of amides is 2. The summed E-state index contributed by atoms with van der Waals surface area (Å²) in [6.07, 6.45) is -2.26. The lowest BCUT2D eigenvalue weighted by atomic mass is 10.1. The summed E-state index contributed by atoms with van der Waals surface area (Å²) in [5.74, 6) is -0.454. The van der Waals surface area contributed by atoms with Gasteiger partial charge in [-0.25, -0.2) is 4.98 Å². The number of hydrogen-bond acceptors (Lipinski definition) is 5. The van der Waals surface area contributed by atoms with Crippen LogP contribution in [0.4, 0.5) is 18.9 Å². The number of alkyl halides is 3. The maximum Gasteiger partial charge on any atom is 0.416 e. The van der Waals surface area contributed by atoms with Crippen molar-refractivity contribution in [1.82, 2.24) is 14.9 Å². The summed E-state index contributed by atoms with van der Waals surface area (Å²) in [6.45, 7) is 4.23. The number of nitrogens with zero attached hydrogens (tertiary/aromatic N) is 2. The Morgan fingerprint density at radius 3 is 2.65 bits per heavy atom.